The predicted molar refractivity (Wildman–Crippen MR) is 79.8 cm³/mol. The van der Waals surface area contributed by atoms with E-state index < -0.39 is 0 Å². The van der Waals surface area contributed by atoms with Gasteiger partial charge in [-0.3, -0.25) is 9.59 Å². The molecule has 0 spiro atoms. The summed E-state index contributed by atoms with van der Waals surface area (Å²) in [5.41, 5.74) is 0. The number of carbonyl (C=O) groups excluding carboxylic acids is 2. The summed E-state index contributed by atoms with van der Waals surface area (Å²) in [5, 5.41) is 3.15. The van der Waals surface area contributed by atoms with Crippen LogP contribution in [0.25, 0.3) is 0 Å². The number of nitrogens with zero attached hydrogens (tertiary/aromatic N) is 2. The fraction of sp³-hybridized carbons (Fsp3) is 0.867. The van der Waals surface area contributed by atoms with Crippen LogP contribution in [0.3, 0.4) is 0 Å². The summed E-state index contributed by atoms with van der Waals surface area (Å²) in [4.78, 5) is 28.1. The second-order valence-corrected chi connectivity index (χ2v) is 6.05. The summed E-state index contributed by atoms with van der Waals surface area (Å²) in [5.74, 6) is 0.243. The van der Waals surface area contributed by atoms with Gasteiger partial charge in [0, 0.05) is 38.2 Å². The molecular formula is C15H27N3O3. The predicted octanol–water partition coefficient (Wildman–Crippen LogP) is 0.0818. The molecule has 6 nitrogen and oxygen atoms in total. The molecule has 2 rings (SSSR count). The number of nitrogens with one attached hydrogen (secondary N) is 1. The SMILES string of the molecule is CCOCC(=O)N1CCC(C(=O)N[C@H]2CCN(C)C2)CC1. The molecule has 0 radical (unpaired) electrons. The van der Waals surface area contributed by atoms with E-state index in [9.17, 15) is 9.59 Å². The van der Waals surface area contributed by atoms with Crippen molar-refractivity contribution in [2.24, 2.45) is 5.92 Å². The lowest BCUT2D eigenvalue weighted by molar-refractivity contribution is -0.139. The van der Waals surface area contributed by atoms with E-state index in [1.165, 1.54) is 0 Å². The lowest BCUT2D eigenvalue weighted by atomic mass is 9.95. The maximum absolute atomic E-state index is 12.3. The highest BCUT2D eigenvalue weighted by atomic mass is 16.5. The van der Waals surface area contributed by atoms with Crippen molar-refractivity contribution < 1.29 is 14.3 Å². The minimum Gasteiger partial charge on any atom is -0.372 e. The van der Waals surface area contributed by atoms with Crippen molar-refractivity contribution in [3.05, 3.63) is 0 Å². The first-order valence-corrected chi connectivity index (χ1v) is 7.94. The maximum atomic E-state index is 12.3. The molecule has 0 aromatic carbocycles. The number of hydrogen-bond donors (Lipinski definition) is 1. The molecule has 2 fully saturated rings. The van der Waals surface area contributed by atoms with Crippen molar-refractivity contribution in [1.29, 1.82) is 0 Å². The highest BCUT2D eigenvalue weighted by Crippen LogP contribution is 2.18. The van der Waals surface area contributed by atoms with Gasteiger partial charge in [0.2, 0.25) is 11.8 Å². The summed E-state index contributed by atoms with van der Waals surface area (Å²) in [6, 6.07) is 0.292. The minimum absolute atomic E-state index is 0.0353. The van der Waals surface area contributed by atoms with Gasteiger partial charge in [-0.1, -0.05) is 0 Å². The molecule has 2 aliphatic rings. The Bertz CT molecular complexity index is 367. The number of ether oxygens (including phenoxy) is 1. The first kappa shape index (κ1) is 16.2. The molecule has 1 atom stereocenters. The second-order valence-electron chi connectivity index (χ2n) is 6.05. The van der Waals surface area contributed by atoms with Crippen LogP contribution in [0.1, 0.15) is 26.2 Å². The molecule has 120 valence electrons. The average molecular weight is 297 g/mol. The Morgan fingerprint density at radius 2 is 1.90 bits per heavy atom. The third-order valence-corrected chi connectivity index (χ3v) is 4.39. The van der Waals surface area contributed by atoms with Gasteiger partial charge in [0.05, 0.1) is 0 Å². The standard InChI is InChI=1S/C15H27N3O3/c1-3-21-11-14(19)18-8-4-12(5-9-18)15(20)16-13-6-7-17(2)10-13/h12-13H,3-11H2,1-2H3,(H,16,20)/t13-/m0/s1. The Labute approximate surface area is 126 Å². The number of likely N-dealkylation sites (tertiary alicyclic amines) is 2. The quantitative estimate of drug-likeness (QED) is 0.781. The van der Waals surface area contributed by atoms with E-state index in [1.807, 2.05) is 11.8 Å². The van der Waals surface area contributed by atoms with Crippen molar-refractivity contribution in [2.45, 2.75) is 32.2 Å². The third kappa shape index (κ3) is 4.68. The third-order valence-electron chi connectivity index (χ3n) is 4.39. The van der Waals surface area contributed by atoms with Crippen LogP contribution in [0.4, 0.5) is 0 Å². The van der Waals surface area contributed by atoms with Crippen molar-refractivity contribution in [1.82, 2.24) is 15.1 Å². The smallest absolute Gasteiger partial charge is 0.248 e. The molecule has 2 amide bonds. The van der Waals surface area contributed by atoms with E-state index in [4.69, 9.17) is 4.74 Å². The highest BCUT2D eigenvalue weighted by molar-refractivity contribution is 5.80. The van der Waals surface area contributed by atoms with Crippen LogP contribution in [0.2, 0.25) is 0 Å². The van der Waals surface area contributed by atoms with E-state index in [0.29, 0.717) is 25.7 Å². The van der Waals surface area contributed by atoms with E-state index in [2.05, 4.69) is 17.3 Å². The molecule has 0 aromatic rings. The van der Waals surface area contributed by atoms with Gasteiger partial charge in [-0.2, -0.15) is 0 Å². The molecule has 2 heterocycles. The Morgan fingerprint density at radius 1 is 1.19 bits per heavy atom. The normalized spacial score (nSPS) is 24.3. The summed E-state index contributed by atoms with van der Waals surface area (Å²) in [7, 11) is 2.08. The fourth-order valence-electron chi connectivity index (χ4n) is 3.04. The molecule has 0 saturated carbocycles. The first-order valence-electron chi connectivity index (χ1n) is 7.94. The van der Waals surface area contributed by atoms with Gasteiger partial charge in [-0.25, -0.2) is 0 Å². The van der Waals surface area contributed by atoms with E-state index in [1.54, 1.807) is 0 Å². The molecule has 2 aliphatic heterocycles. The van der Waals surface area contributed by atoms with E-state index in [0.717, 1.165) is 32.4 Å². The van der Waals surface area contributed by atoms with E-state index >= 15 is 0 Å². The summed E-state index contributed by atoms with van der Waals surface area (Å²) in [6.07, 6.45) is 2.55. The molecular weight excluding hydrogens is 270 g/mol. The minimum atomic E-state index is 0.0353. The van der Waals surface area contributed by atoms with Crippen molar-refractivity contribution in [3.63, 3.8) is 0 Å². The Morgan fingerprint density at radius 3 is 2.48 bits per heavy atom. The van der Waals surface area contributed by atoms with Crippen LogP contribution in [-0.2, 0) is 14.3 Å². The van der Waals surface area contributed by atoms with Gasteiger partial charge in [-0.05, 0) is 39.8 Å². The molecule has 1 N–H and O–H groups in total. The largest absolute Gasteiger partial charge is 0.372 e. The zero-order chi connectivity index (χ0) is 15.2. The summed E-state index contributed by atoms with van der Waals surface area (Å²) in [6.45, 7) is 5.91. The average Bonchev–Trinajstić information content (AvgIpc) is 2.90. The lowest BCUT2D eigenvalue weighted by Crippen LogP contribution is -2.46. The summed E-state index contributed by atoms with van der Waals surface area (Å²) < 4.78 is 5.15. The van der Waals surface area contributed by atoms with Crippen LogP contribution < -0.4 is 5.32 Å². The number of amides is 2. The fourth-order valence-corrected chi connectivity index (χ4v) is 3.04. The number of piperidine rings is 1. The second kappa shape index (κ2) is 7.75. The Kier molecular flexibility index (Phi) is 5.99. The topological polar surface area (TPSA) is 61.9 Å². The molecule has 0 unspecified atom stereocenters. The number of likely N-dealkylation sites (N-methyl/N-ethyl adjacent to an activating group) is 1. The zero-order valence-electron chi connectivity index (χ0n) is 13.1. The molecule has 6 heteroatoms. The van der Waals surface area contributed by atoms with Crippen LogP contribution >= 0.6 is 0 Å². The van der Waals surface area contributed by atoms with E-state index in [-0.39, 0.29) is 24.3 Å². The van der Waals surface area contributed by atoms with Crippen molar-refractivity contribution >= 4 is 11.8 Å². The first-order chi connectivity index (χ1) is 10.1. The molecule has 0 aliphatic carbocycles. The van der Waals surface area contributed by atoms with Gasteiger partial charge in [0.15, 0.2) is 0 Å². The van der Waals surface area contributed by atoms with Gasteiger partial charge in [0.25, 0.3) is 0 Å². The molecule has 0 aromatic heterocycles. The lowest BCUT2D eigenvalue weighted by Gasteiger charge is -2.31. The van der Waals surface area contributed by atoms with Gasteiger partial charge in [0.1, 0.15) is 6.61 Å². The monoisotopic (exact) mass is 297 g/mol. The molecule has 21 heavy (non-hydrogen) atoms. The van der Waals surface area contributed by atoms with Gasteiger partial charge >= 0.3 is 0 Å². The van der Waals surface area contributed by atoms with Crippen LogP contribution in [-0.4, -0.2) is 74.1 Å². The summed E-state index contributed by atoms with van der Waals surface area (Å²) >= 11 is 0. The van der Waals surface area contributed by atoms with Crippen molar-refractivity contribution in [3.8, 4) is 0 Å². The highest BCUT2D eigenvalue weighted by Gasteiger charge is 2.29. The zero-order valence-corrected chi connectivity index (χ0v) is 13.1. The van der Waals surface area contributed by atoms with Crippen LogP contribution in [0, 0.1) is 5.92 Å². The van der Waals surface area contributed by atoms with Crippen molar-refractivity contribution in [2.75, 3.05) is 46.4 Å². The Balaban J connectivity index is 1.70. The molecule has 2 saturated heterocycles. The number of rotatable bonds is 5. The van der Waals surface area contributed by atoms with Crippen LogP contribution in [0.5, 0.6) is 0 Å². The number of hydrogen-bond acceptors (Lipinski definition) is 4. The van der Waals surface area contributed by atoms with Crippen LogP contribution in [0.15, 0.2) is 0 Å². The van der Waals surface area contributed by atoms with Gasteiger partial charge < -0.3 is 19.9 Å². The molecule has 0 bridgehead atoms. The maximum Gasteiger partial charge on any atom is 0.248 e. The van der Waals surface area contributed by atoms with Gasteiger partial charge in [-0.15, -0.1) is 0 Å². The number of carbonyl (C=O) groups is 2. The Hall–Kier alpha value is -1.14.